The van der Waals surface area contributed by atoms with Gasteiger partial charge in [-0.05, 0) is 33.5 Å². The Labute approximate surface area is 130 Å². The van der Waals surface area contributed by atoms with Crippen molar-refractivity contribution in [2.75, 3.05) is 33.7 Å². The summed E-state index contributed by atoms with van der Waals surface area (Å²) in [5.41, 5.74) is 0.228. The number of likely N-dealkylation sites (tertiary alicyclic amines) is 1. The fourth-order valence-corrected chi connectivity index (χ4v) is 3.36. The van der Waals surface area contributed by atoms with Gasteiger partial charge in [0.2, 0.25) is 0 Å². The number of aromatic nitrogens is 1. The molecule has 6 heteroatoms. The van der Waals surface area contributed by atoms with Gasteiger partial charge in [0.05, 0.1) is 15.6 Å². The van der Waals surface area contributed by atoms with Crippen LogP contribution in [0, 0.1) is 0 Å². The lowest BCUT2D eigenvalue weighted by Crippen LogP contribution is -2.52. The van der Waals surface area contributed by atoms with Crippen LogP contribution in [0.4, 0.5) is 0 Å². The van der Waals surface area contributed by atoms with E-state index < -0.39 is 5.60 Å². The lowest BCUT2D eigenvalue weighted by Gasteiger charge is -2.40. The van der Waals surface area contributed by atoms with Crippen LogP contribution in [0.2, 0.25) is 10.0 Å². The number of halogens is 2. The van der Waals surface area contributed by atoms with Gasteiger partial charge in [-0.2, -0.15) is 0 Å². The molecule has 1 atom stereocenters. The SMILES string of the molecule is CN(C)C[C@]1(O)CCCN(Cc2c(Cl)cncc2Cl)C1. The number of nitrogens with zero attached hydrogens (tertiary/aromatic N) is 3. The second-order valence-electron chi connectivity index (χ2n) is 5.86. The van der Waals surface area contributed by atoms with E-state index in [2.05, 4.69) is 9.88 Å². The average Bonchev–Trinajstić information content (AvgIpc) is 2.32. The van der Waals surface area contributed by atoms with Crippen LogP contribution < -0.4 is 0 Å². The normalized spacial score (nSPS) is 24.3. The Hall–Kier alpha value is -0.390. The van der Waals surface area contributed by atoms with Crippen molar-refractivity contribution in [2.45, 2.75) is 25.0 Å². The fraction of sp³-hybridized carbons (Fsp3) is 0.643. The Morgan fingerprint density at radius 2 is 2.00 bits per heavy atom. The van der Waals surface area contributed by atoms with Gasteiger partial charge in [0.1, 0.15) is 0 Å². The zero-order chi connectivity index (χ0) is 14.8. The van der Waals surface area contributed by atoms with E-state index in [1.54, 1.807) is 12.4 Å². The molecule has 1 aromatic heterocycles. The Bertz CT molecular complexity index is 449. The number of β-amino-alcohol motifs (C(OH)–C–C–N with tert-alkyl or cyclic N) is 1. The largest absolute Gasteiger partial charge is 0.387 e. The topological polar surface area (TPSA) is 39.6 Å². The van der Waals surface area contributed by atoms with E-state index in [9.17, 15) is 5.11 Å². The Balaban J connectivity index is 2.06. The number of likely N-dealkylation sites (N-methyl/N-ethyl adjacent to an activating group) is 1. The van der Waals surface area contributed by atoms with Gasteiger partial charge >= 0.3 is 0 Å². The quantitative estimate of drug-likeness (QED) is 0.924. The summed E-state index contributed by atoms with van der Waals surface area (Å²) in [6.07, 6.45) is 5.03. The first-order valence-electron chi connectivity index (χ1n) is 6.77. The van der Waals surface area contributed by atoms with Gasteiger partial charge < -0.3 is 10.0 Å². The first-order chi connectivity index (χ1) is 9.39. The number of aliphatic hydroxyl groups is 1. The summed E-state index contributed by atoms with van der Waals surface area (Å²) in [6.45, 7) is 2.90. The molecule has 1 aliphatic rings. The molecule has 0 amide bonds. The molecule has 0 bridgehead atoms. The van der Waals surface area contributed by atoms with Crippen molar-refractivity contribution >= 4 is 23.2 Å². The molecule has 0 aliphatic carbocycles. The van der Waals surface area contributed by atoms with Crippen molar-refractivity contribution in [2.24, 2.45) is 0 Å². The van der Waals surface area contributed by atoms with Gasteiger partial charge in [-0.1, -0.05) is 23.2 Å². The molecule has 1 saturated heterocycles. The van der Waals surface area contributed by atoms with Gasteiger partial charge in [-0.3, -0.25) is 9.88 Å². The molecule has 1 aromatic rings. The maximum Gasteiger partial charge on any atom is 0.0900 e. The molecule has 112 valence electrons. The molecule has 1 fully saturated rings. The molecular formula is C14H21Cl2N3O. The summed E-state index contributed by atoms with van der Waals surface area (Å²) >= 11 is 12.3. The highest BCUT2D eigenvalue weighted by Crippen LogP contribution is 2.28. The summed E-state index contributed by atoms with van der Waals surface area (Å²) in [7, 11) is 3.96. The third kappa shape index (κ3) is 4.06. The molecule has 2 rings (SSSR count). The minimum atomic E-state index is -0.659. The van der Waals surface area contributed by atoms with Crippen molar-refractivity contribution in [3.8, 4) is 0 Å². The highest BCUT2D eigenvalue weighted by atomic mass is 35.5. The molecule has 20 heavy (non-hydrogen) atoms. The Morgan fingerprint density at radius 1 is 1.35 bits per heavy atom. The van der Waals surface area contributed by atoms with Crippen LogP contribution in [0.15, 0.2) is 12.4 Å². The summed E-state index contributed by atoms with van der Waals surface area (Å²) in [4.78, 5) is 8.20. The molecule has 0 saturated carbocycles. The molecule has 0 aromatic carbocycles. The average molecular weight is 318 g/mol. The van der Waals surface area contributed by atoms with Crippen molar-refractivity contribution in [1.29, 1.82) is 0 Å². The molecule has 4 nitrogen and oxygen atoms in total. The molecule has 1 aliphatic heterocycles. The van der Waals surface area contributed by atoms with E-state index in [-0.39, 0.29) is 0 Å². The third-order valence-electron chi connectivity index (χ3n) is 3.58. The first-order valence-corrected chi connectivity index (χ1v) is 7.52. The zero-order valence-electron chi connectivity index (χ0n) is 11.9. The summed E-state index contributed by atoms with van der Waals surface area (Å²) in [6, 6.07) is 0. The van der Waals surface area contributed by atoms with Crippen LogP contribution in [0.25, 0.3) is 0 Å². The van der Waals surface area contributed by atoms with Crippen LogP contribution in [-0.4, -0.2) is 59.2 Å². The maximum atomic E-state index is 10.7. The smallest absolute Gasteiger partial charge is 0.0900 e. The lowest BCUT2D eigenvalue weighted by atomic mass is 9.92. The number of pyridine rings is 1. The van der Waals surface area contributed by atoms with E-state index in [1.807, 2.05) is 19.0 Å². The number of rotatable bonds is 4. The van der Waals surface area contributed by atoms with Crippen LogP contribution >= 0.6 is 23.2 Å². The summed E-state index contributed by atoms with van der Waals surface area (Å²) < 4.78 is 0. The van der Waals surface area contributed by atoms with Crippen molar-refractivity contribution in [3.63, 3.8) is 0 Å². The van der Waals surface area contributed by atoms with Gasteiger partial charge in [-0.25, -0.2) is 0 Å². The second-order valence-corrected chi connectivity index (χ2v) is 6.67. The zero-order valence-corrected chi connectivity index (χ0v) is 13.5. The highest BCUT2D eigenvalue weighted by Gasteiger charge is 2.33. The highest BCUT2D eigenvalue weighted by molar-refractivity contribution is 6.35. The van der Waals surface area contributed by atoms with E-state index in [0.717, 1.165) is 24.9 Å². The predicted molar refractivity (Wildman–Crippen MR) is 82.3 cm³/mol. The third-order valence-corrected chi connectivity index (χ3v) is 4.23. The first kappa shape index (κ1) is 16.0. The van der Waals surface area contributed by atoms with Crippen LogP contribution in [0.3, 0.4) is 0 Å². The standard InChI is InChI=1S/C14H21Cl2N3O/c1-18(2)9-14(20)4-3-5-19(10-14)8-11-12(15)6-17-7-13(11)16/h6-7,20H,3-5,8-10H2,1-2H3/t14-/m1/s1. The van der Waals surface area contributed by atoms with E-state index in [1.165, 1.54) is 0 Å². The molecular weight excluding hydrogens is 297 g/mol. The minimum absolute atomic E-state index is 0.583. The molecule has 0 unspecified atom stereocenters. The number of hydrogen-bond acceptors (Lipinski definition) is 4. The number of hydrogen-bond donors (Lipinski definition) is 1. The van der Waals surface area contributed by atoms with E-state index in [4.69, 9.17) is 23.2 Å². The lowest BCUT2D eigenvalue weighted by molar-refractivity contribution is -0.0479. The molecule has 1 N–H and O–H groups in total. The van der Waals surface area contributed by atoms with Gasteiger partial charge in [-0.15, -0.1) is 0 Å². The van der Waals surface area contributed by atoms with E-state index in [0.29, 0.717) is 29.7 Å². The summed E-state index contributed by atoms with van der Waals surface area (Å²) in [5, 5.41) is 11.8. The van der Waals surface area contributed by atoms with Crippen LogP contribution in [-0.2, 0) is 6.54 Å². The van der Waals surface area contributed by atoms with Crippen molar-refractivity contribution in [3.05, 3.63) is 28.0 Å². The predicted octanol–water partition coefficient (Wildman–Crippen LogP) is 2.28. The monoisotopic (exact) mass is 317 g/mol. The van der Waals surface area contributed by atoms with Crippen LogP contribution in [0.5, 0.6) is 0 Å². The maximum absolute atomic E-state index is 10.7. The molecule has 2 heterocycles. The Morgan fingerprint density at radius 3 is 2.60 bits per heavy atom. The minimum Gasteiger partial charge on any atom is -0.387 e. The Kier molecular flexibility index (Phi) is 5.26. The second kappa shape index (κ2) is 6.58. The molecule has 0 radical (unpaired) electrons. The van der Waals surface area contributed by atoms with Gasteiger partial charge in [0.15, 0.2) is 0 Å². The van der Waals surface area contributed by atoms with Gasteiger partial charge in [0, 0.05) is 37.6 Å². The van der Waals surface area contributed by atoms with Crippen molar-refractivity contribution < 1.29 is 5.11 Å². The number of piperidine rings is 1. The fourth-order valence-electron chi connectivity index (χ4n) is 2.87. The van der Waals surface area contributed by atoms with Crippen LogP contribution in [0.1, 0.15) is 18.4 Å². The van der Waals surface area contributed by atoms with Crippen molar-refractivity contribution in [1.82, 2.24) is 14.8 Å². The van der Waals surface area contributed by atoms with E-state index >= 15 is 0 Å². The molecule has 0 spiro atoms. The van der Waals surface area contributed by atoms with Gasteiger partial charge in [0.25, 0.3) is 0 Å². The summed E-state index contributed by atoms with van der Waals surface area (Å²) in [5.74, 6) is 0.